The quantitative estimate of drug-likeness (QED) is 0.158. The van der Waals surface area contributed by atoms with Gasteiger partial charge in [0.25, 0.3) is 0 Å². The summed E-state index contributed by atoms with van der Waals surface area (Å²) >= 11 is 8.23. The van der Waals surface area contributed by atoms with E-state index in [0.29, 0.717) is 21.1 Å². The van der Waals surface area contributed by atoms with Crippen molar-refractivity contribution in [1.82, 2.24) is 15.6 Å². The molecule has 1 saturated carbocycles. The Morgan fingerprint density at radius 3 is 2.24 bits per heavy atom. The van der Waals surface area contributed by atoms with Crippen molar-refractivity contribution in [2.24, 2.45) is 0 Å². The van der Waals surface area contributed by atoms with E-state index in [4.69, 9.17) is 11.6 Å². The highest BCUT2D eigenvalue weighted by Gasteiger charge is 2.41. The number of urea groups is 1. The van der Waals surface area contributed by atoms with Gasteiger partial charge < -0.3 is 10.6 Å². The number of carbonyl (C=O) groups is 1. The molecular formula is C27H25ClF4IN3O. The van der Waals surface area contributed by atoms with Crippen LogP contribution in [0.5, 0.6) is 0 Å². The Labute approximate surface area is 231 Å². The zero-order valence-electron chi connectivity index (χ0n) is 19.7. The van der Waals surface area contributed by atoms with Crippen LogP contribution in [0.2, 0.25) is 5.02 Å². The summed E-state index contributed by atoms with van der Waals surface area (Å²) in [5.74, 6) is -1.06. The molecule has 4 nitrogen and oxygen atoms in total. The largest absolute Gasteiger partial charge is 0.416 e. The summed E-state index contributed by atoms with van der Waals surface area (Å²) in [6, 6.07) is 12.0. The van der Waals surface area contributed by atoms with Gasteiger partial charge in [0.15, 0.2) is 0 Å². The van der Waals surface area contributed by atoms with Crippen LogP contribution >= 0.6 is 34.2 Å². The Morgan fingerprint density at radius 2 is 1.65 bits per heavy atom. The minimum atomic E-state index is -4.78. The van der Waals surface area contributed by atoms with Crippen LogP contribution < -0.4 is 10.6 Å². The lowest BCUT2D eigenvalue weighted by molar-refractivity contribution is -0.137. The molecule has 0 aliphatic heterocycles. The van der Waals surface area contributed by atoms with Gasteiger partial charge in [-0.25, -0.2) is 9.18 Å². The fourth-order valence-corrected chi connectivity index (χ4v) is 5.25. The van der Waals surface area contributed by atoms with E-state index >= 15 is 0 Å². The number of rotatable bonds is 7. The van der Waals surface area contributed by atoms with Crippen LogP contribution in [0.25, 0.3) is 0 Å². The van der Waals surface area contributed by atoms with Crippen molar-refractivity contribution in [1.29, 1.82) is 0 Å². The van der Waals surface area contributed by atoms with Gasteiger partial charge in [-0.2, -0.15) is 13.2 Å². The Morgan fingerprint density at radius 1 is 1.00 bits per heavy atom. The van der Waals surface area contributed by atoms with E-state index in [2.05, 4.69) is 38.2 Å². The van der Waals surface area contributed by atoms with Crippen molar-refractivity contribution >= 4 is 40.2 Å². The molecule has 37 heavy (non-hydrogen) atoms. The third kappa shape index (κ3) is 6.73. The monoisotopic (exact) mass is 645 g/mol. The van der Waals surface area contributed by atoms with Crippen LogP contribution in [-0.4, -0.2) is 17.1 Å². The number of halogens is 6. The maximum atomic E-state index is 14.7. The molecule has 4 rings (SSSR count). The van der Waals surface area contributed by atoms with Crippen molar-refractivity contribution in [3.8, 4) is 0 Å². The SMILES string of the molecule is O=C(NC1CCCC1)N[C@@](Cc1ccc(Cl)cc1)(c1cc(F)cc(C(F)(F)F)c1)c1ccc(CI)cn1. The summed E-state index contributed by atoms with van der Waals surface area (Å²) in [5, 5.41) is 6.33. The lowest BCUT2D eigenvalue weighted by Crippen LogP contribution is -2.54. The van der Waals surface area contributed by atoms with Crippen LogP contribution in [-0.2, 0) is 22.6 Å². The lowest BCUT2D eigenvalue weighted by Gasteiger charge is -2.36. The first kappa shape index (κ1) is 27.6. The molecule has 2 amide bonds. The first-order chi connectivity index (χ1) is 17.6. The number of aromatic nitrogens is 1. The maximum absolute atomic E-state index is 14.7. The summed E-state index contributed by atoms with van der Waals surface area (Å²) in [6.07, 6.45) is 0.445. The number of carbonyl (C=O) groups excluding carboxylic acids is 1. The number of hydrogen-bond donors (Lipinski definition) is 2. The van der Waals surface area contributed by atoms with Gasteiger partial charge in [-0.15, -0.1) is 0 Å². The molecule has 0 spiro atoms. The fraction of sp³-hybridized carbons (Fsp3) is 0.333. The minimum absolute atomic E-state index is 0.0135. The van der Waals surface area contributed by atoms with Crippen molar-refractivity contribution in [3.63, 3.8) is 0 Å². The molecule has 1 aliphatic carbocycles. The van der Waals surface area contributed by atoms with Gasteiger partial charge in [0.1, 0.15) is 11.4 Å². The van der Waals surface area contributed by atoms with Gasteiger partial charge in [0.2, 0.25) is 0 Å². The summed E-state index contributed by atoms with van der Waals surface area (Å²) in [6.45, 7) is 0. The van der Waals surface area contributed by atoms with E-state index in [1.54, 1.807) is 42.6 Å². The van der Waals surface area contributed by atoms with Gasteiger partial charge in [-0.05, 0) is 65.9 Å². The van der Waals surface area contributed by atoms with Crippen LogP contribution in [0.4, 0.5) is 22.4 Å². The number of hydrogen-bond acceptors (Lipinski definition) is 2. The average molecular weight is 646 g/mol. The number of pyridine rings is 1. The van der Waals surface area contributed by atoms with Crippen LogP contribution in [0.15, 0.2) is 60.8 Å². The first-order valence-electron chi connectivity index (χ1n) is 11.8. The highest BCUT2D eigenvalue weighted by molar-refractivity contribution is 14.1. The van der Waals surface area contributed by atoms with Crippen molar-refractivity contribution in [3.05, 3.63) is 99.6 Å². The van der Waals surface area contributed by atoms with Crippen molar-refractivity contribution in [2.75, 3.05) is 0 Å². The van der Waals surface area contributed by atoms with E-state index in [-0.39, 0.29) is 23.7 Å². The predicted octanol–water partition coefficient (Wildman–Crippen LogP) is 7.56. The van der Waals surface area contributed by atoms with E-state index in [1.807, 2.05) is 0 Å². The van der Waals surface area contributed by atoms with Gasteiger partial charge in [0.05, 0.1) is 11.3 Å². The van der Waals surface area contributed by atoms with Crippen LogP contribution in [0, 0.1) is 5.82 Å². The van der Waals surface area contributed by atoms with E-state index < -0.39 is 29.1 Å². The summed E-state index contributed by atoms with van der Waals surface area (Å²) < 4.78 is 56.6. The normalized spacial score (nSPS) is 15.8. The minimum Gasteiger partial charge on any atom is -0.335 e. The Balaban J connectivity index is 1.90. The van der Waals surface area contributed by atoms with Crippen LogP contribution in [0.3, 0.4) is 0 Å². The second kappa shape index (κ2) is 11.6. The molecule has 1 aromatic heterocycles. The molecule has 2 aromatic carbocycles. The molecule has 3 aromatic rings. The average Bonchev–Trinajstić information content (AvgIpc) is 3.37. The second-order valence-corrected chi connectivity index (χ2v) is 10.4. The van der Waals surface area contributed by atoms with Gasteiger partial charge in [-0.3, -0.25) is 4.98 Å². The number of nitrogens with zero attached hydrogens (tertiary/aromatic N) is 1. The summed E-state index contributed by atoms with van der Waals surface area (Å²) in [7, 11) is 0. The molecule has 1 fully saturated rings. The van der Waals surface area contributed by atoms with Gasteiger partial charge >= 0.3 is 12.2 Å². The molecule has 1 heterocycles. The Bertz CT molecular complexity index is 1230. The third-order valence-corrected chi connectivity index (χ3v) is 7.67. The number of benzene rings is 2. The molecular weight excluding hydrogens is 621 g/mol. The zero-order chi connectivity index (χ0) is 26.6. The molecule has 0 unspecified atom stereocenters. The molecule has 0 saturated heterocycles. The van der Waals surface area contributed by atoms with E-state index in [1.165, 1.54) is 0 Å². The number of alkyl halides is 4. The molecule has 1 aliphatic rings. The standard InChI is InChI=1S/C27H25ClF4IN3O/c28-21-8-5-17(6-9-21)14-26(24-10-7-18(15-33)16-34-24,36-25(37)35-23-3-1-2-4-23)19-11-20(27(30,31)32)13-22(29)12-19/h5-13,16,23H,1-4,14-15H2,(H2,35,36,37)/t26-/m0/s1. The van der Waals surface area contributed by atoms with Crippen LogP contribution in [0.1, 0.15) is 53.6 Å². The zero-order valence-corrected chi connectivity index (χ0v) is 22.6. The summed E-state index contributed by atoms with van der Waals surface area (Å²) in [5.41, 5.74) is -0.964. The smallest absolute Gasteiger partial charge is 0.335 e. The topological polar surface area (TPSA) is 54.0 Å². The molecule has 1 atom stereocenters. The maximum Gasteiger partial charge on any atom is 0.416 e. The number of nitrogens with one attached hydrogen (secondary N) is 2. The van der Waals surface area contributed by atoms with E-state index in [0.717, 1.165) is 43.4 Å². The molecule has 0 radical (unpaired) electrons. The highest BCUT2D eigenvalue weighted by atomic mass is 127. The summed E-state index contributed by atoms with van der Waals surface area (Å²) in [4.78, 5) is 17.8. The first-order valence-corrected chi connectivity index (χ1v) is 13.7. The second-order valence-electron chi connectivity index (χ2n) is 9.20. The fourth-order valence-electron chi connectivity index (χ4n) is 4.67. The Hall–Kier alpha value is -2.40. The van der Waals surface area contributed by atoms with E-state index in [9.17, 15) is 22.4 Å². The van der Waals surface area contributed by atoms with Gasteiger partial charge in [-0.1, -0.05) is 65.2 Å². The Kier molecular flexibility index (Phi) is 8.63. The van der Waals surface area contributed by atoms with Gasteiger partial charge in [0, 0.05) is 28.1 Å². The molecule has 10 heteroatoms. The molecule has 0 bridgehead atoms. The lowest BCUT2D eigenvalue weighted by atomic mass is 9.79. The van der Waals surface area contributed by atoms with Crippen molar-refractivity contribution < 1.29 is 22.4 Å². The molecule has 196 valence electrons. The highest BCUT2D eigenvalue weighted by Crippen LogP contribution is 2.38. The molecule has 2 N–H and O–H groups in total. The number of amides is 2. The third-order valence-electron chi connectivity index (χ3n) is 6.53. The van der Waals surface area contributed by atoms with Crippen molar-refractivity contribution in [2.45, 2.75) is 54.3 Å². The predicted molar refractivity (Wildman–Crippen MR) is 143 cm³/mol.